The highest BCUT2D eigenvalue weighted by molar-refractivity contribution is 7.10. The highest BCUT2D eigenvalue weighted by Crippen LogP contribution is 2.19. The van der Waals surface area contributed by atoms with Crippen molar-refractivity contribution in [3.8, 4) is 0 Å². The number of hydrogen-bond acceptors (Lipinski definition) is 5. The zero-order chi connectivity index (χ0) is 14.7. The van der Waals surface area contributed by atoms with Crippen molar-refractivity contribution < 1.29 is 9.53 Å². The fourth-order valence-corrected chi connectivity index (χ4v) is 3.07. The van der Waals surface area contributed by atoms with E-state index in [4.69, 9.17) is 10.5 Å². The molecule has 3 N–H and O–H groups in total. The van der Waals surface area contributed by atoms with Gasteiger partial charge in [0, 0.05) is 17.7 Å². The summed E-state index contributed by atoms with van der Waals surface area (Å²) in [5, 5.41) is 8.94. The second kappa shape index (κ2) is 6.38. The number of nitrogens with one attached hydrogen (secondary N) is 1. The minimum atomic E-state index is -0.647. The molecule has 0 saturated carbocycles. The maximum Gasteiger partial charge on any atom is 0.246 e. The van der Waals surface area contributed by atoms with Crippen molar-refractivity contribution in [1.29, 1.82) is 0 Å². The lowest BCUT2D eigenvalue weighted by molar-refractivity contribution is -0.117. The normalized spacial score (nSPS) is 19.6. The quantitative estimate of drug-likeness (QED) is 0.882. The van der Waals surface area contributed by atoms with E-state index in [1.54, 1.807) is 17.1 Å². The first-order chi connectivity index (χ1) is 10.2. The second-order valence-electron chi connectivity index (χ2n) is 5.07. The van der Waals surface area contributed by atoms with Crippen LogP contribution in [0.15, 0.2) is 29.9 Å². The maximum absolute atomic E-state index is 12.1. The van der Waals surface area contributed by atoms with Crippen LogP contribution in [0.4, 0.5) is 5.69 Å². The maximum atomic E-state index is 12.1. The average Bonchev–Trinajstić information content (AvgIpc) is 3.20. The molecule has 2 unspecified atom stereocenters. The smallest absolute Gasteiger partial charge is 0.246 e. The fourth-order valence-electron chi connectivity index (χ4n) is 2.34. The number of nitrogens with two attached hydrogens (primary N) is 1. The van der Waals surface area contributed by atoms with Gasteiger partial charge < -0.3 is 15.8 Å². The van der Waals surface area contributed by atoms with Crippen LogP contribution in [0.3, 0.4) is 0 Å². The van der Waals surface area contributed by atoms with E-state index in [0.29, 0.717) is 12.2 Å². The Bertz CT molecular complexity index is 590. The summed E-state index contributed by atoms with van der Waals surface area (Å²) < 4.78 is 7.36. The van der Waals surface area contributed by atoms with E-state index in [2.05, 4.69) is 10.4 Å². The van der Waals surface area contributed by atoms with Crippen molar-refractivity contribution in [2.75, 3.05) is 11.9 Å². The standard InChI is InChI=1S/C14H18N4O2S/c15-13(12-4-2-6-21-12)14(19)17-10-7-16-18(8-10)9-11-3-1-5-20-11/h2,4,6-8,11,13H,1,3,5,9,15H2,(H,17,19). The van der Waals surface area contributed by atoms with Crippen LogP contribution < -0.4 is 11.1 Å². The summed E-state index contributed by atoms with van der Waals surface area (Å²) in [6, 6.07) is 3.09. The van der Waals surface area contributed by atoms with Crippen molar-refractivity contribution in [3.63, 3.8) is 0 Å². The molecule has 1 amide bonds. The molecule has 2 aromatic rings. The molecule has 1 saturated heterocycles. The number of anilines is 1. The number of ether oxygens (including phenoxy) is 1. The van der Waals surface area contributed by atoms with E-state index in [-0.39, 0.29) is 12.0 Å². The first kappa shape index (κ1) is 14.2. The number of carbonyl (C=O) groups is 1. The summed E-state index contributed by atoms with van der Waals surface area (Å²) in [4.78, 5) is 12.9. The molecule has 6 nitrogen and oxygen atoms in total. The van der Waals surface area contributed by atoms with Crippen molar-refractivity contribution in [3.05, 3.63) is 34.8 Å². The molecule has 1 aliphatic rings. The first-order valence-electron chi connectivity index (χ1n) is 6.96. The van der Waals surface area contributed by atoms with Gasteiger partial charge in [-0.1, -0.05) is 6.07 Å². The molecule has 112 valence electrons. The van der Waals surface area contributed by atoms with Gasteiger partial charge in [0.1, 0.15) is 6.04 Å². The van der Waals surface area contributed by atoms with Gasteiger partial charge in [-0.25, -0.2) is 0 Å². The van der Waals surface area contributed by atoms with Gasteiger partial charge in [0.15, 0.2) is 0 Å². The predicted octanol–water partition coefficient (Wildman–Crippen LogP) is 1.76. The SMILES string of the molecule is NC(C(=O)Nc1cnn(CC2CCCO2)c1)c1cccs1. The zero-order valence-corrected chi connectivity index (χ0v) is 12.4. The Balaban J connectivity index is 1.57. The third-order valence-corrected chi connectivity index (χ3v) is 4.40. The van der Waals surface area contributed by atoms with Gasteiger partial charge in [-0.2, -0.15) is 5.10 Å². The number of hydrogen-bond donors (Lipinski definition) is 2. The van der Waals surface area contributed by atoms with Crippen molar-refractivity contribution in [2.45, 2.75) is 31.5 Å². The van der Waals surface area contributed by atoms with Crippen LogP contribution in [-0.2, 0) is 16.1 Å². The Labute approximate surface area is 126 Å². The summed E-state index contributed by atoms with van der Waals surface area (Å²) in [6.07, 6.45) is 5.83. The lowest BCUT2D eigenvalue weighted by Gasteiger charge is -2.09. The van der Waals surface area contributed by atoms with Crippen LogP contribution in [0.5, 0.6) is 0 Å². The molecule has 2 aromatic heterocycles. The Morgan fingerprint density at radius 3 is 3.29 bits per heavy atom. The highest BCUT2D eigenvalue weighted by atomic mass is 32.1. The molecule has 1 aliphatic heterocycles. The average molecular weight is 306 g/mol. The number of carbonyl (C=O) groups excluding carboxylic acids is 1. The summed E-state index contributed by atoms with van der Waals surface area (Å²) >= 11 is 1.47. The van der Waals surface area contributed by atoms with Crippen molar-refractivity contribution in [2.24, 2.45) is 5.73 Å². The predicted molar refractivity (Wildman–Crippen MR) is 81.1 cm³/mol. The molecule has 3 rings (SSSR count). The van der Waals surface area contributed by atoms with Gasteiger partial charge in [-0.15, -0.1) is 11.3 Å². The van der Waals surface area contributed by atoms with Crippen molar-refractivity contribution >= 4 is 22.9 Å². The zero-order valence-electron chi connectivity index (χ0n) is 11.6. The second-order valence-corrected chi connectivity index (χ2v) is 6.05. The minimum absolute atomic E-state index is 0.224. The summed E-state index contributed by atoms with van der Waals surface area (Å²) in [5.41, 5.74) is 6.58. The van der Waals surface area contributed by atoms with Crippen molar-refractivity contribution in [1.82, 2.24) is 9.78 Å². The van der Waals surface area contributed by atoms with E-state index in [1.807, 2.05) is 17.5 Å². The van der Waals surface area contributed by atoms with Crippen LogP contribution in [0.1, 0.15) is 23.8 Å². The van der Waals surface area contributed by atoms with Gasteiger partial charge in [0.05, 0.1) is 24.5 Å². The van der Waals surface area contributed by atoms with Crippen LogP contribution in [0.25, 0.3) is 0 Å². The number of aromatic nitrogens is 2. The van der Waals surface area contributed by atoms with E-state index in [0.717, 1.165) is 24.3 Å². The molecule has 21 heavy (non-hydrogen) atoms. The highest BCUT2D eigenvalue weighted by Gasteiger charge is 2.19. The van der Waals surface area contributed by atoms with Gasteiger partial charge in [-0.05, 0) is 24.3 Å². The molecule has 3 heterocycles. The van der Waals surface area contributed by atoms with Gasteiger partial charge in [-0.3, -0.25) is 9.48 Å². The molecule has 0 spiro atoms. The fraction of sp³-hybridized carbons (Fsp3) is 0.429. The molecule has 7 heteroatoms. The molecule has 0 aromatic carbocycles. The molecular formula is C14H18N4O2S. The number of nitrogens with zero attached hydrogens (tertiary/aromatic N) is 2. The lowest BCUT2D eigenvalue weighted by Crippen LogP contribution is -2.26. The Kier molecular flexibility index (Phi) is 4.33. The van der Waals surface area contributed by atoms with Crippen LogP contribution in [0, 0.1) is 0 Å². The van der Waals surface area contributed by atoms with Gasteiger partial charge in [0.2, 0.25) is 5.91 Å². The minimum Gasteiger partial charge on any atom is -0.376 e. The van der Waals surface area contributed by atoms with E-state index in [1.165, 1.54) is 11.3 Å². The van der Waals surface area contributed by atoms with E-state index in [9.17, 15) is 4.79 Å². The molecule has 0 aliphatic carbocycles. The summed E-state index contributed by atoms with van der Waals surface area (Å²) in [7, 11) is 0. The van der Waals surface area contributed by atoms with Crippen LogP contribution in [0.2, 0.25) is 0 Å². The number of thiophene rings is 1. The summed E-state index contributed by atoms with van der Waals surface area (Å²) in [6.45, 7) is 1.54. The molecular weight excluding hydrogens is 288 g/mol. The Morgan fingerprint density at radius 1 is 1.67 bits per heavy atom. The molecule has 1 fully saturated rings. The third-order valence-electron chi connectivity index (χ3n) is 3.45. The largest absolute Gasteiger partial charge is 0.376 e. The summed E-state index contributed by atoms with van der Waals surface area (Å²) in [5.74, 6) is -0.228. The Hall–Kier alpha value is -1.70. The topological polar surface area (TPSA) is 82.2 Å². The molecule has 2 atom stereocenters. The van der Waals surface area contributed by atoms with Crippen LogP contribution >= 0.6 is 11.3 Å². The number of rotatable bonds is 5. The van der Waals surface area contributed by atoms with E-state index >= 15 is 0 Å². The molecule has 0 bridgehead atoms. The number of amides is 1. The van der Waals surface area contributed by atoms with E-state index < -0.39 is 6.04 Å². The van der Waals surface area contributed by atoms with Crippen LogP contribution in [-0.4, -0.2) is 28.4 Å². The third kappa shape index (κ3) is 3.49. The monoisotopic (exact) mass is 306 g/mol. The lowest BCUT2D eigenvalue weighted by atomic mass is 10.2. The van der Waals surface area contributed by atoms with Gasteiger partial charge >= 0.3 is 0 Å². The first-order valence-corrected chi connectivity index (χ1v) is 7.84. The molecule has 0 radical (unpaired) electrons. The Morgan fingerprint density at radius 2 is 2.57 bits per heavy atom. The van der Waals surface area contributed by atoms with Gasteiger partial charge in [0.25, 0.3) is 0 Å².